The number of alkyl halides is 1. The van der Waals surface area contributed by atoms with E-state index >= 15 is 0 Å². The normalized spacial score (nSPS) is 15.2. The molecule has 0 bridgehead atoms. The molecule has 1 fully saturated rings. The van der Waals surface area contributed by atoms with Gasteiger partial charge in [0.2, 0.25) is 0 Å². The van der Waals surface area contributed by atoms with Crippen LogP contribution in [0.5, 0.6) is 0 Å². The Morgan fingerprint density at radius 3 is 2.72 bits per heavy atom. The van der Waals surface area contributed by atoms with Crippen molar-refractivity contribution in [2.75, 3.05) is 18.5 Å². The Labute approximate surface area is 112 Å². The van der Waals surface area contributed by atoms with E-state index in [2.05, 4.69) is 0 Å². The topological polar surface area (TPSA) is 46.4 Å². The zero-order chi connectivity index (χ0) is 13.1. The molecule has 5 heteroatoms. The highest BCUT2D eigenvalue weighted by Crippen LogP contribution is 2.33. The van der Waals surface area contributed by atoms with Gasteiger partial charge in [0.15, 0.2) is 0 Å². The van der Waals surface area contributed by atoms with Crippen molar-refractivity contribution in [3.8, 4) is 0 Å². The van der Waals surface area contributed by atoms with E-state index in [1.54, 1.807) is 12.1 Å². The molecule has 0 aliphatic heterocycles. The molecule has 4 nitrogen and oxygen atoms in total. The molecule has 0 spiro atoms. The number of halogens is 1. The first kappa shape index (κ1) is 13.1. The van der Waals surface area contributed by atoms with E-state index in [-0.39, 0.29) is 10.6 Å². The van der Waals surface area contributed by atoms with Crippen LogP contribution in [-0.4, -0.2) is 18.5 Å². The third-order valence-electron chi connectivity index (χ3n) is 3.56. The van der Waals surface area contributed by atoms with E-state index in [4.69, 9.17) is 11.6 Å². The van der Waals surface area contributed by atoms with Gasteiger partial charge >= 0.3 is 0 Å². The summed E-state index contributed by atoms with van der Waals surface area (Å²) in [7, 11) is 1.92. The van der Waals surface area contributed by atoms with Gasteiger partial charge in [0.25, 0.3) is 5.69 Å². The van der Waals surface area contributed by atoms with Crippen LogP contribution in [-0.2, 0) is 5.88 Å². The minimum atomic E-state index is -0.331. The first-order chi connectivity index (χ1) is 8.61. The summed E-state index contributed by atoms with van der Waals surface area (Å²) >= 11 is 5.72. The van der Waals surface area contributed by atoms with Crippen molar-refractivity contribution in [2.24, 2.45) is 5.92 Å². The van der Waals surface area contributed by atoms with Gasteiger partial charge in [-0.3, -0.25) is 10.1 Å². The molecule has 1 aromatic carbocycles. The van der Waals surface area contributed by atoms with Crippen LogP contribution in [0.25, 0.3) is 0 Å². The second-order valence-corrected chi connectivity index (χ2v) is 5.16. The standard InChI is InChI=1S/C13H17ClN2O2/c1-15(9-10-3-2-4-10)12-6-5-11(8-14)7-13(12)16(17)18/h5-7,10H,2-4,8-9H2,1H3. The van der Waals surface area contributed by atoms with Gasteiger partial charge in [-0.2, -0.15) is 0 Å². The maximum absolute atomic E-state index is 11.1. The molecular weight excluding hydrogens is 252 g/mol. The molecule has 98 valence electrons. The molecule has 18 heavy (non-hydrogen) atoms. The van der Waals surface area contributed by atoms with Crippen LogP contribution in [0, 0.1) is 16.0 Å². The lowest BCUT2D eigenvalue weighted by Gasteiger charge is -2.31. The largest absolute Gasteiger partial charge is 0.369 e. The van der Waals surface area contributed by atoms with E-state index < -0.39 is 0 Å². The fraction of sp³-hybridized carbons (Fsp3) is 0.538. The predicted molar refractivity (Wildman–Crippen MR) is 73.3 cm³/mol. The maximum Gasteiger partial charge on any atom is 0.292 e. The molecule has 0 saturated heterocycles. The quantitative estimate of drug-likeness (QED) is 0.466. The molecule has 1 saturated carbocycles. The summed E-state index contributed by atoms with van der Waals surface area (Å²) in [6.45, 7) is 0.890. The smallest absolute Gasteiger partial charge is 0.292 e. The Balaban J connectivity index is 2.21. The molecule has 1 aliphatic carbocycles. The lowest BCUT2D eigenvalue weighted by molar-refractivity contribution is -0.384. The summed E-state index contributed by atoms with van der Waals surface area (Å²) in [6.07, 6.45) is 3.75. The van der Waals surface area contributed by atoms with Crippen LogP contribution in [0.1, 0.15) is 24.8 Å². The van der Waals surface area contributed by atoms with Crippen molar-refractivity contribution in [1.82, 2.24) is 0 Å². The average molecular weight is 269 g/mol. The molecule has 0 N–H and O–H groups in total. The van der Waals surface area contributed by atoms with E-state index in [1.807, 2.05) is 18.0 Å². The molecule has 0 atom stereocenters. The molecule has 2 rings (SSSR count). The number of benzene rings is 1. The van der Waals surface area contributed by atoms with Crippen LogP contribution in [0.3, 0.4) is 0 Å². The fourth-order valence-corrected chi connectivity index (χ4v) is 2.45. The maximum atomic E-state index is 11.1. The Morgan fingerprint density at radius 1 is 1.50 bits per heavy atom. The minimum Gasteiger partial charge on any atom is -0.369 e. The highest BCUT2D eigenvalue weighted by Gasteiger charge is 2.23. The zero-order valence-corrected chi connectivity index (χ0v) is 11.2. The number of nitro groups is 1. The number of hydrogen-bond acceptors (Lipinski definition) is 3. The van der Waals surface area contributed by atoms with Crippen LogP contribution < -0.4 is 4.90 Å². The Kier molecular flexibility index (Phi) is 4.07. The third-order valence-corrected chi connectivity index (χ3v) is 3.87. The summed E-state index contributed by atoms with van der Waals surface area (Å²) in [6, 6.07) is 5.22. The van der Waals surface area contributed by atoms with Crippen molar-refractivity contribution in [1.29, 1.82) is 0 Å². The molecule has 0 amide bonds. The van der Waals surface area contributed by atoms with Gasteiger partial charge in [0, 0.05) is 25.5 Å². The first-order valence-corrected chi connectivity index (χ1v) is 6.69. The Hall–Kier alpha value is -1.29. The fourth-order valence-electron chi connectivity index (χ4n) is 2.28. The van der Waals surface area contributed by atoms with E-state index in [9.17, 15) is 10.1 Å². The van der Waals surface area contributed by atoms with Gasteiger partial charge in [-0.1, -0.05) is 12.5 Å². The highest BCUT2D eigenvalue weighted by atomic mass is 35.5. The second kappa shape index (κ2) is 5.57. The van der Waals surface area contributed by atoms with E-state index in [0.29, 0.717) is 17.5 Å². The molecule has 0 unspecified atom stereocenters. The van der Waals surface area contributed by atoms with Crippen molar-refractivity contribution >= 4 is 23.0 Å². The monoisotopic (exact) mass is 268 g/mol. The molecular formula is C13H17ClN2O2. The Bertz CT molecular complexity index is 447. The lowest BCUT2D eigenvalue weighted by Crippen LogP contribution is -2.29. The van der Waals surface area contributed by atoms with Crippen molar-refractivity contribution in [2.45, 2.75) is 25.1 Å². The van der Waals surface area contributed by atoms with Gasteiger partial charge in [-0.05, 0) is 30.4 Å². The van der Waals surface area contributed by atoms with E-state index in [0.717, 1.165) is 12.1 Å². The second-order valence-electron chi connectivity index (χ2n) is 4.89. The molecule has 0 radical (unpaired) electrons. The third kappa shape index (κ3) is 2.75. The number of rotatable bonds is 5. The Morgan fingerprint density at radius 2 is 2.22 bits per heavy atom. The zero-order valence-electron chi connectivity index (χ0n) is 10.4. The molecule has 0 heterocycles. The highest BCUT2D eigenvalue weighted by molar-refractivity contribution is 6.17. The van der Waals surface area contributed by atoms with Gasteiger partial charge < -0.3 is 4.90 Å². The number of anilines is 1. The number of nitro benzene ring substituents is 1. The molecule has 0 aromatic heterocycles. The first-order valence-electron chi connectivity index (χ1n) is 6.16. The van der Waals surface area contributed by atoms with Crippen LogP contribution >= 0.6 is 11.6 Å². The summed E-state index contributed by atoms with van der Waals surface area (Å²) in [5, 5.41) is 11.1. The summed E-state index contributed by atoms with van der Waals surface area (Å²) in [5.41, 5.74) is 1.61. The lowest BCUT2D eigenvalue weighted by atomic mass is 9.85. The van der Waals surface area contributed by atoms with Crippen molar-refractivity contribution in [3.05, 3.63) is 33.9 Å². The van der Waals surface area contributed by atoms with E-state index in [1.165, 1.54) is 19.3 Å². The summed E-state index contributed by atoms with van der Waals surface area (Å²) in [4.78, 5) is 12.8. The van der Waals surface area contributed by atoms with Crippen LogP contribution in [0.2, 0.25) is 0 Å². The van der Waals surface area contributed by atoms with Crippen LogP contribution in [0.4, 0.5) is 11.4 Å². The summed E-state index contributed by atoms with van der Waals surface area (Å²) in [5.74, 6) is 0.982. The van der Waals surface area contributed by atoms with Gasteiger partial charge in [0.05, 0.1) is 4.92 Å². The predicted octanol–water partition coefficient (Wildman–Crippen LogP) is 3.57. The van der Waals surface area contributed by atoms with Crippen molar-refractivity contribution in [3.63, 3.8) is 0 Å². The number of hydrogen-bond donors (Lipinski definition) is 0. The molecule has 1 aliphatic rings. The number of nitrogens with zero attached hydrogens (tertiary/aromatic N) is 2. The van der Waals surface area contributed by atoms with Gasteiger partial charge in [0.1, 0.15) is 5.69 Å². The molecule has 1 aromatic rings. The summed E-state index contributed by atoms with van der Waals surface area (Å²) < 4.78 is 0. The van der Waals surface area contributed by atoms with Gasteiger partial charge in [-0.15, -0.1) is 11.6 Å². The SMILES string of the molecule is CN(CC1CCC1)c1ccc(CCl)cc1[N+](=O)[O-]. The van der Waals surface area contributed by atoms with Crippen molar-refractivity contribution < 1.29 is 4.92 Å². The average Bonchev–Trinajstić information content (AvgIpc) is 2.32. The minimum absolute atomic E-state index is 0.148. The van der Waals surface area contributed by atoms with Crippen LogP contribution in [0.15, 0.2) is 18.2 Å². The van der Waals surface area contributed by atoms with Gasteiger partial charge in [-0.25, -0.2) is 0 Å².